The molecule has 0 radical (unpaired) electrons. The minimum absolute atomic E-state index is 0.0451. The Balaban J connectivity index is 1.79. The Morgan fingerprint density at radius 1 is 1.09 bits per heavy atom. The number of carbonyl (C=O) groups is 2. The topological polar surface area (TPSA) is 92.6 Å². The van der Waals surface area contributed by atoms with Crippen molar-refractivity contribution < 1.29 is 19.4 Å². The van der Waals surface area contributed by atoms with Crippen molar-refractivity contribution in [2.75, 3.05) is 6.61 Å². The van der Waals surface area contributed by atoms with Gasteiger partial charge in [-0.15, -0.1) is 0 Å². The van der Waals surface area contributed by atoms with E-state index in [1.807, 2.05) is 19.9 Å². The van der Waals surface area contributed by atoms with E-state index in [4.69, 9.17) is 4.74 Å². The number of benzene rings is 1. The number of aliphatic hydroxyl groups excluding tert-OH is 1. The number of hydrogen-bond acceptors (Lipinski definition) is 6. The number of aryl methyl sites for hydroxylation is 1. The molecule has 1 fully saturated rings. The van der Waals surface area contributed by atoms with Gasteiger partial charge in [0.05, 0.1) is 30.5 Å². The first-order valence-corrected chi connectivity index (χ1v) is 10.8. The number of ether oxygens (including phenoxy) is 1. The van der Waals surface area contributed by atoms with Crippen molar-refractivity contribution in [3.05, 3.63) is 95.1 Å². The number of hydrogen-bond donors (Lipinski definition) is 1. The quantitative estimate of drug-likeness (QED) is 0.334. The van der Waals surface area contributed by atoms with Crippen LogP contribution in [0.25, 0.3) is 5.76 Å². The van der Waals surface area contributed by atoms with Crippen molar-refractivity contribution in [3.8, 4) is 5.75 Å². The Bertz CT molecular complexity index is 1190. The maximum Gasteiger partial charge on any atom is 0.296 e. The first-order chi connectivity index (χ1) is 16.0. The van der Waals surface area contributed by atoms with Crippen LogP contribution in [0.15, 0.2) is 72.7 Å². The molecule has 33 heavy (non-hydrogen) atoms. The maximum absolute atomic E-state index is 13.1. The summed E-state index contributed by atoms with van der Waals surface area (Å²) in [5.74, 6) is -0.906. The number of aliphatic hydroxyl groups is 1. The summed E-state index contributed by atoms with van der Waals surface area (Å²) in [6.07, 6.45) is 5.71. The van der Waals surface area contributed by atoms with Crippen molar-refractivity contribution >= 4 is 17.4 Å². The van der Waals surface area contributed by atoms with Gasteiger partial charge in [-0.2, -0.15) is 0 Å². The molecule has 3 aromatic rings. The van der Waals surface area contributed by atoms with E-state index < -0.39 is 17.7 Å². The second-order valence-electron chi connectivity index (χ2n) is 7.86. The lowest BCUT2D eigenvalue weighted by Gasteiger charge is -2.25. The number of rotatable bonds is 7. The standard InChI is InChI=1S/C26H25N3O4/c1-3-14-33-21-8-7-19(15-17(21)2)24(30)22-23(18-9-12-27-13-10-18)29(26(32)25(22)31)16-20-6-4-5-11-28-20/h4-13,15,23,30H,3,14,16H2,1-2H3/b24-22-. The van der Waals surface area contributed by atoms with Gasteiger partial charge in [0.2, 0.25) is 0 Å². The van der Waals surface area contributed by atoms with Gasteiger partial charge in [-0.1, -0.05) is 13.0 Å². The molecule has 1 saturated heterocycles. The van der Waals surface area contributed by atoms with Gasteiger partial charge in [0.1, 0.15) is 11.5 Å². The van der Waals surface area contributed by atoms with Crippen LogP contribution in [0.5, 0.6) is 5.75 Å². The normalized spacial score (nSPS) is 17.4. The van der Waals surface area contributed by atoms with Crippen molar-refractivity contribution in [3.63, 3.8) is 0 Å². The Labute approximate surface area is 192 Å². The van der Waals surface area contributed by atoms with Crippen LogP contribution in [0.2, 0.25) is 0 Å². The summed E-state index contributed by atoms with van der Waals surface area (Å²) in [5.41, 5.74) is 2.65. The minimum atomic E-state index is -0.758. The van der Waals surface area contributed by atoms with Crippen LogP contribution in [0.3, 0.4) is 0 Å². The molecular weight excluding hydrogens is 418 g/mol. The number of likely N-dealkylation sites (tertiary alicyclic amines) is 1. The number of pyridine rings is 2. The maximum atomic E-state index is 13.1. The van der Waals surface area contributed by atoms with E-state index in [0.717, 1.165) is 17.7 Å². The van der Waals surface area contributed by atoms with E-state index in [1.54, 1.807) is 61.1 Å². The monoisotopic (exact) mass is 443 g/mol. The molecule has 1 amide bonds. The highest BCUT2D eigenvalue weighted by Gasteiger charge is 2.46. The zero-order valence-corrected chi connectivity index (χ0v) is 18.6. The lowest BCUT2D eigenvalue weighted by Crippen LogP contribution is -2.29. The van der Waals surface area contributed by atoms with Crippen LogP contribution in [0.1, 0.15) is 41.8 Å². The third-order valence-corrected chi connectivity index (χ3v) is 5.53. The van der Waals surface area contributed by atoms with E-state index in [0.29, 0.717) is 23.4 Å². The second-order valence-corrected chi connectivity index (χ2v) is 7.86. The van der Waals surface area contributed by atoms with Crippen LogP contribution in [-0.4, -0.2) is 38.3 Å². The van der Waals surface area contributed by atoms with Gasteiger partial charge in [0.15, 0.2) is 0 Å². The van der Waals surface area contributed by atoms with Crippen molar-refractivity contribution in [2.24, 2.45) is 0 Å². The summed E-state index contributed by atoms with van der Waals surface area (Å²) in [6, 6.07) is 13.3. The highest BCUT2D eigenvalue weighted by molar-refractivity contribution is 6.46. The van der Waals surface area contributed by atoms with Crippen molar-refractivity contribution in [1.29, 1.82) is 0 Å². The first kappa shape index (κ1) is 22.2. The highest BCUT2D eigenvalue weighted by Crippen LogP contribution is 2.40. The molecule has 0 spiro atoms. The molecule has 3 heterocycles. The number of Topliss-reactive ketones (excluding diaryl/α,β-unsaturated/α-hetero) is 1. The number of aromatic nitrogens is 2. The molecule has 0 saturated carbocycles. The predicted molar refractivity (Wildman–Crippen MR) is 123 cm³/mol. The molecule has 4 rings (SSSR count). The molecule has 1 atom stereocenters. The van der Waals surface area contributed by atoms with E-state index in [-0.39, 0.29) is 17.9 Å². The van der Waals surface area contributed by atoms with E-state index >= 15 is 0 Å². The molecule has 2 aromatic heterocycles. The van der Waals surface area contributed by atoms with Crippen LogP contribution in [-0.2, 0) is 16.1 Å². The lowest BCUT2D eigenvalue weighted by atomic mass is 9.95. The van der Waals surface area contributed by atoms with Gasteiger partial charge < -0.3 is 14.7 Å². The fourth-order valence-electron chi connectivity index (χ4n) is 3.93. The van der Waals surface area contributed by atoms with Crippen LogP contribution in [0, 0.1) is 6.92 Å². The predicted octanol–water partition coefficient (Wildman–Crippen LogP) is 4.20. The van der Waals surface area contributed by atoms with E-state index in [2.05, 4.69) is 9.97 Å². The molecule has 168 valence electrons. The molecule has 0 aliphatic carbocycles. The summed E-state index contributed by atoms with van der Waals surface area (Å²) in [6.45, 7) is 4.63. The van der Waals surface area contributed by atoms with Gasteiger partial charge in [-0.25, -0.2) is 0 Å². The van der Waals surface area contributed by atoms with Gasteiger partial charge in [-0.05, 0) is 66.9 Å². The second kappa shape index (κ2) is 9.65. The van der Waals surface area contributed by atoms with Crippen molar-refractivity contribution in [1.82, 2.24) is 14.9 Å². The first-order valence-electron chi connectivity index (χ1n) is 10.8. The third-order valence-electron chi connectivity index (χ3n) is 5.53. The molecule has 7 heteroatoms. The summed E-state index contributed by atoms with van der Waals surface area (Å²) in [7, 11) is 0. The summed E-state index contributed by atoms with van der Waals surface area (Å²) in [4.78, 5) is 36.0. The molecule has 1 unspecified atom stereocenters. The lowest BCUT2D eigenvalue weighted by molar-refractivity contribution is -0.140. The summed E-state index contributed by atoms with van der Waals surface area (Å²) < 4.78 is 5.72. The zero-order chi connectivity index (χ0) is 23.4. The third kappa shape index (κ3) is 4.48. The Hall–Kier alpha value is -4.00. The number of amides is 1. The van der Waals surface area contributed by atoms with E-state index in [1.165, 1.54) is 4.90 Å². The number of carbonyl (C=O) groups excluding carboxylic acids is 2. The van der Waals surface area contributed by atoms with Crippen LogP contribution < -0.4 is 4.74 Å². The van der Waals surface area contributed by atoms with Gasteiger partial charge in [0.25, 0.3) is 11.7 Å². The largest absolute Gasteiger partial charge is 0.507 e. The fraction of sp³-hybridized carbons (Fsp3) is 0.231. The summed E-state index contributed by atoms with van der Waals surface area (Å²) >= 11 is 0. The smallest absolute Gasteiger partial charge is 0.296 e. The average molecular weight is 444 g/mol. The van der Waals surface area contributed by atoms with Gasteiger partial charge >= 0.3 is 0 Å². The zero-order valence-electron chi connectivity index (χ0n) is 18.6. The Kier molecular flexibility index (Phi) is 6.49. The molecular formula is C26H25N3O4. The number of ketones is 1. The minimum Gasteiger partial charge on any atom is -0.507 e. The average Bonchev–Trinajstić information content (AvgIpc) is 3.09. The van der Waals surface area contributed by atoms with E-state index in [9.17, 15) is 14.7 Å². The van der Waals surface area contributed by atoms with Gasteiger partial charge in [0, 0.05) is 24.2 Å². The highest BCUT2D eigenvalue weighted by atomic mass is 16.5. The number of nitrogens with zero attached hydrogens (tertiary/aromatic N) is 3. The SMILES string of the molecule is CCCOc1ccc(/C(O)=C2/C(=O)C(=O)N(Cc3ccccn3)C2c2ccncc2)cc1C. The summed E-state index contributed by atoms with van der Waals surface area (Å²) in [5, 5.41) is 11.2. The Morgan fingerprint density at radius 2 is 1.88 bits per heavy atom. The molecule has 0 bridgehead atoms. The molecule has 1 aliphatic heterocycles. The molecule has 1 aromatic carbocycles. The molecule has 7 nitrogen and oxygen atoms in total. The Morgan fingerprint density at radius 3 is 2.55 bits per heavy atom. The van der Waals surface area contributed by atoms with Crippen LogP contribution in [0.4, 0.5) is 0 Å². The van der Waals surface area contributed by atoms with Crippen LogP contribution >= 0.6 is 0 Å². The molecule has 1 aliphatic rings. The van der Waals surface area contributed by atoms with Gasteiger partial charge in [-0.3, -0.25) is 19.6 Å². The molecule has 1 N–H and O–H groups in total. The fourth-order valence-corrected chi connectivity index (χ4v) is 3.93. The van der Waals surface area contributed by atoms with Crippen molar-refractivity contribution in [2.45, 2.75) is 32.9 Å².